The highest BCUT2D eigenvalue weighted by Crippen LogP contribution is 2.45. The number of unbranched alkanes of at least 4 members (excludes halogenated alkanes) is 41. The number of rotatable bonds is 72. The number of esters is 4. The third-order valence-electron chi connectivity index (χ3n) is 17.3. The van der Waals surface area contributed by atoms with Crippen molar-refractivity contribution in [2.24, 2.45) is 11.8 Å². The van der Waals surface area contributed by atoms with Crippen molar-refractivity contribution in [3.8, 4) is 0 Å². The summed E-state index contributed by atoms with van der Waals surface area (Å²) in [6.45, 7) is 9.58. The number of hydrogen-bond acceptors (Lipinski definition) is 15. The van der Waals surface area contributed by atoms with E-state index in [0.29, 0.717) is 25.7 Å². The molecular formula is C73H142O17P2. The van der Waals surface area contributed by atoms with Crippen LogP contribution in [0.4, 0.5) is 0 Å². The normalized spacial score (nSPS) is 14.4. The Morgan fingerprint density at radius 1 is 0.315 bits per heavy atom. The van der Waals surface area contributed by atoms with Gasteiger partial charge >= 0.3 is 39.5 Å². The first-order valence-corrected chi connectivity index (χ1v) is 41.0. The molecule has 0 aliphatic heterocycles. The highest BCUT2D eigenvalue weighted by atomic mass is 31.2. The van der Waals surface area contributed by atoms with E-state index >= 15 is 0 Å². The van der Waals surface area contributed by atoms with Crippen molar-refractivity contribution in [3.63, 3.8) is 0 Å². The molecule has 0 fully saturated rings. The maximum Gasteiger partial charge on any atom is 0.472 e. The zero-order valence-electron chi connectivity index (χ0n) is 59.9. The van der Waals surface area contributed by atoms with E-state index in [4.69, 9.17) is 37.0 Å². The SMILES string of the molecule is CCCCCCCCCCCCCCCCC(=O)OC[C@H](COP(=O)(O)OC[C@@H](O)COP(=O)(O)OC[C@@H](COC(=O)CCCCCCCCCCC)OC(=O)CCCCCCCCCCC(C)CC)OC(=O)CCCCCCCCCCCCCCCCC(C)C. The van der Waals surface area contributed by atoms with Gasteiger partial charge in [0.15, 0.2) is 12.2 Å². The molecule has 0 aromatic heterocycles. The summed E-state index contributed by atoms with van der Waals surface area (Å²) in [5.41, 5.74) is 0. The number of carbonyl (C=O) groups excluding carboxylic acids is 4. The highest BCUT2D eigenvalue weighted by molar-refractivity contribution is 7.47. The van der Waals surface area contributed by atoms with Crippen LogP contribution < -0.4 is 0 Å². The Balaban J connectivity index is 5.24. The van der Waals surface area contributed by atoms with Crippen molar-refractivity contribution >= 4 is 39.5 Å². The van der Waals surface area contributed by atoms with Gasteiger partial charge in [0, 0.05) is 25.7 Å². The summed E-state index contributed by atoms with van der Waals surface area (Å²) in [6.07, 6.45) is 51.2. The van der Waals surface area contributed by atoms with Crippen molar-refractivity contribution in [2.75, 3.05) is 39.6 Å². The molecule has 0 amide bonds. The van der Waals surface area contributed by atoms with Crippen LogP contribution in [0.2, 0.25) is 0 Å². The molecule has 0 radical (unpaired) electrons. The first kappa shape index (κ1) is 90.1. The van der Waals surface area contributed by atoms with Gasteiger partial charge in [-0.05, 0) is 37.5 Å². The second kappa shape index (κ2) is 65.0. The molecule has 0 bridgehead atoms. The van der Waals surface area contributed by atoms with Gasteiger partial charge in [-0.25, -0.2) is 9.13 Å². The minimum atomic E-state index is -4.95. The van der Waals surface area contributed by atoms with Crippen molar-refractivity contribution < 1.29 is 80.2 Å². The Labute approximate surface area is 562 Å². The average molecular weight is 1350 g/mol. The predicted octanol–water partition coefficient (Wildman–Crippen LogP) is 21.2. The molecule has 19 heteroatoms. The van der Waals surface area contributed by atoms with Gasteiger partial charge in [-0.15, -0.1) is 0 Å². The van der Waals surface area contributed by atoms with Crippen LogP contribution in [-0.4, -0.2) is 96.7 Å². The van der Waals surface area contributed by atoms with Crippen LogP contribution in [0.1, 0.15) is 375 Å². The van der Waals surface area contributed by atoms with Crippen molar-refractivity contribution in [1.82, 2.24) is 0 Å². The fraction of sp³-hybridized carbons (Fsp3) is 0.945. The van der Waals surface area contributed by atoms with Gasteiger partial charge in [-0.3, -0.25) is 37.3 Å². The van der Waals surface area contributed by atoms with Gasteiger partial charge in [-0.1, -0.05) is 324 Å². The quantitative estimate of drug-likeness (QED) is 0.0222. The molecule has 3 unspecified atom stereocenters. The van der Waals surface area contributed by atoms with Crippen LogP contribution in [0.25, 0.3) is 0 Å². The summed E-state index contributed by atoms with van der Waals surface area (Å²) in [5.74, 6) is -0.556. The molecule has 0 aromatic carbocycles. The molecule has 3 N–H and O–H groups in total. The summed E-state index contributed by atoms with van der Waals surface area (Å²) >= 11 is 0. The molecule has 0 saturated carbocycles. The van der Waals surface area contributed by atoms with E-state index in [1.54, 1.807) is 0 Å². The molecule has 6 atom stereocenters. The molecule has 0 aliphatic rings. The molecule has 0 heterocycles. The van der Waals surface area contributed by atoms with Crippen molar-refractivity contribution in [1.29, 1.82) is 0 Å². The number of aliphatic hydroxyl groups excluding tert-OH is 1. The van der Waals surface area contributed by atoms with E-state index in [0.717, 1.165) is 102 Å². The minimum Gasteiger partial charge on any atom is -0.462 e. The largest absolute Gasteiger partial charge is 0.472 e. The molecule has 92 heavy (non-hydrogen) atoms. The maximum absolute atomic E-state index is 13.1. The van der Waals surface area contributed by atoms with Crippen LogP contribution in [0.5, 0.6) is 0 Å². The second-order valence-electron chi connectivity index (χ2n) is 27.1. The fourth-order valence-electron chi connectivity index (χ4n) is 11.1. The Bertz CT molecular complexity index is 1790. The van der Waals surface area contributed by atoms with E-state index in [1.807, 2.05) is 0 Å². The molecule has 0 spiro atoms. The molecule has 0 aliphatic carbocycles. The fourth-order valence-corrected chi connectivity index (χ4v) is 12.7. The van der Waals surface area contributed by atoms with Gasteiger partial charge < -0.3 is 33.8 Å². The van der Waals surface area contributed by atoms with Gasteiger partial charge in [0.1, 0.15) is 19.3 Å². The average Bonchev–Trinajstić information content (AvgIpc) is 1.64. The van der Waals surface area contributed by atoms with E-state index in [9.17, 15) is 43.2 Å². The lowest BCUT2D eigenvalue weighted by Crippen LogP contribution is -2.30. The lowest BCUT2D eigenvalue weighted by Gasteiger charge is -2.21. The molecule has 0 saturated heterocycles. The Hall–Kier alpha value is -1.94. The summed E-state index contributed by atoms with van der Waals surface area (Å²) < 4.78 is 68.4. The number of phosphoric acid groups is 2. The van der Waals surface area contributed by atoms with E-state index in [1.165, 1.54) is 193 Å². The summed E-state index contributed by atoms with van der Waals surface area (Å²) in [4.78, 5) is 72.6. The van der Waals surface area contributed by atoms with Crippen LogP contribution in [-0.2, 0) is 65.4 Å². The monoisotopic (exact) mass is 1350 g/mol. The predicted molar refractivity (Wildman–Crippen MR) is 372 cm³/mol. The first-order chi connectivity index (χ1) is 44.4. The standard InChI is InChI=1S/C73H142O17P2/c1-7-10-12-14-16-18-19-20-24-27-31-38-44-50-56-71(76)84-62-68(89-72(77)57-51-45-39-32-28-25-22-21-23-26-30-35-41-47-53-65(4)5)63-87-91(79,80)85-59-67(74)60-86-92(81,82)88-64-69(61-83-70(75)55-49-43-37-29-17-15-13-11-8-2)90-73(78)58-52-46-40-34-33-36-42-48-54-66(6)9-3/h65-69,74H,7-64H2,1-6H3,(H,79,80)(H,81,82)/t66?,67-,68-,69-/m1/s1. The van der Waals surface area contributed by atoms with Crippen LogP contribution in [0.3, 0.4) is 0 Å². The Morgan fingerprint density at radius 3 is 0.826 bits per heavy atom. The van der Waals surface area contributed by atoms with Crippen molar-refractivity contribution in [3.05, 3.63) is 0 Å². The van der Waals surface area contributed by atoms with Gasteiger partial charge in [0.2, 0.25) is 0 Å². The molecule has 17 nitrogen and oxygen atoms in total. The van der Waals surface area contributed by atoms with Gasteiger partial charge in [0.25, 0.3) is 0 Å². The summed E-state index contributed by atoms with van der Waals surface area (Å²) in [5, 5.41) is 10.6. The third kappa shape index (κ3) is 65.4. The molecule has 0 aromatic rings. The van der Waals surface area contributed by atoms with Gasteiger partial charge in [0.05, 0.1) is 26.4 Å². The van der Waals surface area contributed by atoms with E-state index in [-0.39, 0.29) is 25.7 Å². The lowest BCUT2D eigenvalue weighted by atomic mass is 9.99. The second-order valence-corrected chi connectivity index (χ2v) is 30.0. The molecule has 546 valence electrons. The highest BCUT2D eigenvalue weighted by Gasteiger charge is 2.30. The van der Waals surface area contributed by atoms with E-state index in [2.05, 4.69) is 41.5 Å². The van der Waals surface area contributed by atoms with Crippen LogP contribution >= 0.6 is 15.6 Å². The van der Waals surface area contributed by atoms with Crippen molar-refractivity contribution in [2.45, 2.75) is 394 Å². The Kier molecular flexibility index (Phi) is 63.7. The summed E-state index contributed by atoms with van der Waals surface area (Å²) in [6, 6.07) is 0. The number of ether oxygens (including phenoxy) is 4. The number of hydrogen-bond donors (Lipinski definition) is 3. The molecule has 0 rings (SSSR count). The first-order valence-electron chi connectivity index (χ1n) is 38.0. The Morgan fingerprint density at radius 2 is 0.554 bits per heavy atom. The van der Waals surface area contributed by atoms with Gasteiger partial charge in [-0.2, -0.15) is 0 Å². The lowest BCUT2D eigenvalue weighted by molar-refractivity contribution is -0.161. The summed E-state index contributed by atoms with van der Waals surface area (Å²) in [7, 11) is -9.90. The maximum atomic E-state index is 13.1. The third-order valence-corrected chi connectivity index (χ3v) is 19.2. The zero-order chi connectivity index (χ0) is 67.9. The number of carbonyl (C=O) groups is 4. The molecular weight excluding hydrogens is 1210 g/mol. The minimum absolute atomic E-state index is 0.105. The number of phosphoric ester groups is 2. The smallest absolute Gasteiger partial charge is 0.462 e. The zero-order valence-corrected chi connectivity index (χ0v) is 61.6. The van der Waals surface area contributed by atoms with E-state index < -0.39 is 97.5 Å². The van der Waals surface area contributed by atoms with Crippen LogP contribution in [0, 0.1) is 11.8 Å². The number of aliphatic hydroxyl groups is 1. The van der Waals surface area contributed by atoms with Crippen LogP contribution in [0.15, 0.2) is 0 Å². The topological polar surface area (TPSA) is 237 Å².